The Bertz CT molecular complexity index is 976. The van der Waals surface area contributed by atoms with E-state index in [0.717, 1.165) is 22.3 Å². The lowest BCUT2D eigenvalue weighted by Gasteiger charge is -2.01. The fourth-order valence-corrected chi connectivity index (χ4v) is 4.75. The maximum absolute atomic E-state index is 13.1. The molecule has 0 saturated heterocycles. The van der Waals surface area contributed by atoms with Crippen LogP contribution in [0.2, 0.25) is 0 Å². The van der Waals surface area contributed by atoms with Crippen LogP contribution in [0.4, 0.5) is 9.52 Å². The summed E-state index contributed by atoms with van der Waals surface area (Å²) in [5, 5.41) is 4.38. The summed E-state index contributed by atoms with van der Waals surface area (Å²) in [6, 6.07) is 5.61. The van der Waals surface area contributed by atoms with Crippen molar-refractivity contribution in [3.63, 3.8) is 0 Å². The Hall–Kier alpha value is -1.84. The maximum atomic E-state index is 13.1. The van der Waals surface area contributed by atoms with Crippen molar-refractivity contribution in [1.82, 2.24) is 4.98 Å². The van der Waals surface area contributed by atoms with Crippen LogP contribution < -0.4 is 5.32 Å². The van der Waals surface area contributed by atoms with Crippen LogP contribution in [0, 0.1) is 5.82 Å². The number of halogens is 1. The van der Waals surface area contributed by atoms with Gasteiger partial charge in [-0.2, -0.15) is 0 Å². The third kappa shape index (κ3) is 2.87. The summed E-state index contributed by atoms with van der Waals surface area (Å²) in [6.45, 7) is 0. The number of carbonyl (C=O) groups is 1. The quantitative estimate of drug-likeness (QED) is 0.782. The number of hydrogen-bond donors (Lipinski definition) is 1. The molecule has 0 aliphatic rings. The zero-order chi connectivity index (χ0) is 15.9. The summed E-state index contributed by atoms with van der Waals surface area (Å²) in [5.41, 5.74) is 0.520. The van der Waals surface area contributed by atoms with E-state index in [-0.39, 0.29) is 14.9 Å². The molecule has 0 aliphatic heterocycles. The Labute approximate surface area is 133 Å². The third-order valence-corrected chi connectivity index (χ3v) is 6.53. The van der Waals surface area contributed by atoms with E-state index >= 15 is 0 Å². The van der Waals surface area contributed by atoms with Gasteiger partial charge in [0.1, 0.15) is 10.0 Å². The van der Waals surface area contributed by atoms with E-state index in [2.05, 4.69) is 10.3 Å². The SMILES string of the molecule is CS(=O)(=O)c1sccc1C(=O)Nc1nc2cc(F)ccc2s1. The van der Waals surface area contributed by atoms with Gasteiger partial charge in [0.25, 0.3) is 5.91 Å². The van der Waals surface area contributed by atoms with E-state index in [1.807, 2.05) is 0 Å². The fourth-order valence-electron chi connectivity index (χ4n) is 1.87. The molecule has 0 atom stereocenters. The van der Waals surface area contributed by atoms with Crippen molar-refractivity contribution in [3.05, 3.63) is 41.0 Å². The molecule has 0 spiro atoms. The molecule has 1 aromatic carbocycles. The normalized spacial score (nSPS) is 11.7. The molecule has 0 bridgehead atoms. The molecule has 0 unspecified atom stereocenters. The number of aromatic nitrogens is 1. The van der Waals surface area contributed by atoms with Crippen molar-refractivity contribution in [2.24, 2.45) is 0 Å². The van der Waals surface area contributed by atoms with Gasteiger partial charge < -0.3 is 0 Å². The van der Waals surface area contributed by atoms with E-state index in [0.29, 0.717) is 5.52 Å². The predicted molar refractivity (Wildman–Crippen MR) is 85.0 cm³/mol. The maximum Gasteiger partial charge on any atom is 0.259 e. The number of amides is 1. The van der Waals surface area contributed by atoms with Crippen molar-refractivity contribution >= 4 is 53.8 Å². The molecule has 0 aliphatic carbocycles. The number of thiophene rings is 1. The van der Waals surface area contributed by atoms with Gasteiger partial charge >= 0.3 is 0 Å². The standard InChI is InChI=1S/C13H9FN2O3S3/c1-22(18,19)12-8(4-5-20-12)11(17)16-13-15-9-6-7(14)2-3-10(9)21-13/h2-6H,1H3,(H,15,16,17). The molecule has 114 valence electrons. The second kappa shape index (κ2) is 5.41. The first-order valence-corrected chi connectivity index (χ1v) is 9.58. The van der Waals surface area contributed by atoms with Gasteiger partial charge in [-0.1, -0.05) is 11.3 Å². The molecule has 3 aromatic rings. The molecule has 5 nitrogen and oxygen atoms in total. The number of sulfone groups is 1. The van der Waals surface area contributed by atoms with Crippen LogP contribution in [0.1, 0.15) is 10.4 Å². The molecular weight excluding hydrogens is 347 g/mol. The minimum atomic E-state index is -3.47. The molecule has 0 fully saturated rings. The number of nitrogens with zero attached hydrogens (tertiary/aromatic N) is 1. The summed E-state index contributed by atoms with van der Waals surface area (Å²) in [7, 11) is -3.47. The van der Waals surface area contributed by atoms with Gasteiger partial charge in [0.2, 0.25) is 0 Å². The van der Waals surface area contributed by atoms with E-state index in [9.17, 15) is 17.6 Å². The number of carbonyl (C=O) groups excluding carboxylic acids is 1. The van der Waals surface area contributed by atoms with Crippen LogP contribution in [-0.4, -0.2) is 25.6 Å². The Balaban J connectivity index is 1.92. The number of fused-ring (bicyclic) bond motifs is 1. The van der Waals surface area contributed by atoms with Crippen LogP contribution in [0.3, 0.4) is 0 Å². The summed E-state index contributed by atoms with van der Waals surface area (Å²) in [5.74, 6) is -0.964. The first-order valence-electron chi connectivity index (χ1n) is 5.99. The van der Waals surface area contributed by atoms with Gasteiger partial charge in [0.15, 0.2) is 15.0 Å². The molecule has 22 heavy (non-hydrogen) atoms. The van der Waals surface area contributed by atoms with Gasteiger partial charge in [-0.3, -0.25) is 10.1 Å². The third-order valence-electron chi connectivity index (χ3n) is 2.78. The van der Waals surface area contributed by atoms with Gasteiger partial charge in [-0.15, -0.1) is 11.3 Å². The first-order chi connectivity index (χ1) is 10.3. The smallest absolute Gasteiger partial charge is 0.259 e. The lowest BCUT2D eigenvalue weighted by atomic mass is 10.3. The Kier molecular flexibility index (Phi) is 3.71. The Morgan fingerprint density at radius 3 is 2.82 bits per heavy atom. The first kappa shape index (κ1) is 15.1. The van der Waals surface area contributed by atoms with E-state index < -0.39 is 21.6 Å². The number of nitrogens with one attached hydrogen (secondary N) is 1. The zero-order valence-electron chi connectivity index (χ0n) is 11.2. The number of anilines is 1. The molecule has 1 N–H and O–H groups in total. The highest BCUT2D eigenvalue weighted by molar-refractivity contribution is 7.92. The number of benzene rings is 1. The highest BCUT2D eigenvalue weighted by Gasteiger charge is 2.21. The van der Waals surface area contributed by atoms with Gasteiger partial charge in [-0.25, -0.2) is 17.8 Å². The lowest BCUT2D eigenvalue weighted by molar-refractivity contribution is 0.102. The van der Waals surface area contributed by atoms with Crippen LogP contribution in [0.15, 0.2) is 33.9 Å². The van der Waals surface area contributed by atoms with Crippen molar-refractivity contribution < 1.29 is 17.6 Å². The molecule has 2 heterocycles. The predicted octanol–water partition coefficient (Wildman–Crippen LogP) is 3.15. The summed E-state index contributed by atoms with van der Waals surface area (Å²) in [4.78, 5) is 16.3. The van der Waals surface area contributed by atoms with Gasteiger partial charge in [0, 0.05) is 12.3 Å². The van der Waals surface area contributed by atoms with Crippen molar-refractivity contribution in [1.29, 1.82) is 0 Å². The Morgan fingerprint density at radius 1 is 1.32 bits per heavy atom. The van der Waals surface area contributed by atoms with Gasteiger partial charge in [-0.05, 0) is 23.6 Å². The minimum absolute atomic E-state index is 0.0113. The van der Waals surface area contributed by atoms with Crippen LogP contribution in [0.25, 0.3) is 10.2 Å². The molecule has 1 amide bonds. The highest BCUT2D eigenvalue weighted by atomic mass is 32.2. The zero-order valence-corrected chi connectivity index (χ0v) is 13.6. The molecule has 3 rings (SSSR count). The topological polar surface area (TPSA) is 76.1 Å². The average Bonchev–Trinajstić information content (AvgIpc) is 3.02. The van der Waals surface area contributed by atoms with E-state index in [1.54, 1.807) is 11.4 Å². The molecule has 2 aromatic heterocycles. The van der Waals surface area contributed by atoms with Crippen molar-refractivity contribution in [2.75, 3.05) is 11.6 Å². The average molecular weight is 356 g/mol. The second-order valence-corrected chi connectivity index (χ2v) is 8.64. The van der Waals surface area contributed by atoms with E-state index in [1.165, 1.54) is 29.5 Å². The van der Waals surface area contributed by atoms with Crippen LogP contribution in [-0.2, 0) is 9.84 Å². The molecular formula is C13H9FN2O3S3. The van der Waals surface area contributed by atoms with Crippen LogP contribution in [0.5, 0.6) is 0 Å². The van der Waals surface area contributed by atoms with Gasteiger partial charge in [0.05, 0.1) is 15.8 Å². The van der Waals surface area contributed by atoms with Crippen LogP contribution >= 0.6 is 22.7 Å². The monoisotopic (exact) mass is 356 g/mol. The Morgan fingerprint density at radius 2 is 2.09 bits per heavy atom. The second-order valence-electron chi connectivity index (χ2n) is 4.48. The molecule has 0 saturated carbocycles. The minimum Gasteiger partial charge on any atom is -0.298 e. The number of thiazole rings is 1. The summed E-state index contributed by atoms with van der Waals surface area (Å²) >= 11 is 2.18. The number of rotatable bonds is 3. The largest absolute Gasteiger partial charge is 0.298 e. The molecule has 0 radical (unpaired) electrons. The number of hydrogen-bond acceptors (Lipinski definition) is 6. The van der Waals surface area contributed by atoms with Crippen molar-refractivity contribution in [3.8, 4) is 0 Å². The lowest BCUT2D eigenvalue weighted by Crippen LogP contribution is -2.13. The summed E-state index contributed by atoms with van der Waals surface area (Å²) in [6.07, 6.45) is 1.05. The highest BCUT2D eigenvalue weighted by Crippen LogP contribution is 2.28. The summed E-state index contributed by atoms with van der Waals surface area (Å²) < 4.78 is 37.1. The van der Waals surface area contributed by atoms with E-state index in [4.69, 9.17) is 0 Å². The molecule has 9 heteroatoms. The van der Waals surface area contributed by atoms with Crippen molar-refractivity contribution in [2.45, 2.75) is 4.21 Å². The fraction of sp³-hybridized carbons (Fsp3) is 0.0769.